The lowest BCUT2D eigenvalue weighted by molar-refractivity contribution is 1.08. The van der Waals surface area contributed by atoms with Crippen LogP contribution in [0.1, 0.15) is 0 Å². The average molecular weight is 618 g/mol. The van der Waals surface area contributed by atoms with Crippen molar-refractivity contribution in [3.63, 3.8) is 0 Å². The Morgan fingerprint density at radius 1 is 0.298 bits per heavy atom. The first-order valence-electron chi connectivity index (χ1n) is 15.7. The maximum atomic E-state index is 5.12. The van der Waals surface area contributed by atoms with Crippen molar-refractivity contribution < 1.29 is 0 Å². The van der Waals surface area contributed by atoms with Gasteiger partial charge in [-0.15, -0.1) is 11.3 Å². The first kappa shape index (κ1) is 27.3. The van der Waals surface area contributed by atoms with Crippen molar-refractivity contribution in [2.75, 3.05) is 0 Å². The van der Waals surface area contributed by atoms with E-state index >= 15 is 0 Å². The second kappa shape index (κ2) is 11.4. The van der Waals surface area contributed by atoms with E-state index in [1.54, 1.807) is 11.3 Å². The van der Waals surface area contributed by atoms with Gasteiger partial charge >= 0.3 is 0 Å². The van der Waals surface area contributed by atoms with Gasteiger partial charge in [-0.2, -0.15) is 0 Å². The van der Waals surface area contributed by atoms with Crippen LogP contribution in [0.3, 0.4) is 0 Å². The normalized spacial score (nSPS) is 11.4. The zero-order valence-electron chi connectivity index (χ0n) is 25.3. The van der Waals surface area contributed by atoms with Gasteiger partial charge in [0.2, 0.25) is 0 Å². The van der Waals surface area contributed by atoms with Gasteiger partial charge in [-0.3, -0.25) is 0 Å². The minimum Gasteiger partial charge on any atom is -0.208 e. The van der Waals surface area contributed by atoms with Crippen molar-refractivity contribution >= 4 is 42.3 Å². The van der Waals surface area contributed by atoms with Gasteiger partial charge in [0.05, 0.1) is 0 Å². The lowest BCUT2D eigenvalue weighted by atomic mass is 9.92. The summed E-state index contributed by atoms with van der Waals surface area (Å²) in [5.74, 6) is 1.99. The molecular weight excluding hydrogens is 591 g/mol. The van der Waals surface area contributed by atoms with Crippen LogP contribution in [0.25, 0.3) is 87.4 Å². The zero-order valence-corrected chi connectivity index (χ0v) is 26.2. The van der Waals surface area contributed by atoms with Crippen molar-refractivity contribution in [1.29, 1.82) is 0 Å². The van der Waals surface area contributed by atoms with Gasteiger partial charge in [-0.1, -0.05) is 152 Å². The van der Waals surface area contributed by atoms with Crippen molar-refractivity contribution in [3.8, 4) is 56.4 Å². The van der Waals surface area contributed by atoms with Crippen molar-refractivity contribution in [2.45, 2.75) is 0 Å². The molecule has 2 aromatic heterocycles. The summed E-state index contributed by atoms with van der Waals surface area (Å²) < 4.78 is 2.48. The molecule has 7 aromatic carbocycles. The fourth-order valence-electron chi connectivity index (χ4n) is 6.52. The molecule has 0 saturated heterocycles. The van der Waals surface area contributed by atoms with E-state index in [1.807, 2.05) is 18.2 Å². The van der Waals surface area contributed by atoms with Crippen LogP contribution in [0.4, 0.5) is 0 Å². The average Bonchev–Trinajstić information content (AvgIpc) is 3.54. The third-order valence-corrected chi connectivity index (χ3v) is 9.91. The third-order valence-electron chi connectivity index (χ3n) is 8.77. The number of nitrogens with zero attached hydrogens (tertiary/aromatic N) is 3. The number of hydrogen-bond donors (Lipinski definition) is 0. The quantitative estimate of drug-likeness (QED) is 0.193. The molecule has 3 nitrogen and oxygen atoms in total. The summed E-state index contributed by atoms with van der Waals surface area (Å²) in [5, 5.41) is 4.88. The maximum Gasteiger partial charge on any atom is 0.164 e. The van der Waals surface area contributed by atoms with E-state index in [-0.39, 0.29) is 0 Å². The van der Waals surface area contributed by atoms with Gasteiger partial charge in [0.1, 0.15) is 0 Å². The Morgan fingerprint density at radius 3 is 1.43 bits per heavy atom. The van der Waals surface area contributed by atoms with Crippen LogP contribution in [0, 0.1) is 0 Å². The Bertz CT molecular complexity index is 2550. The molecule has 0 spiro atoms. The second-order valence-electron chi connectivity index (χ2n) is 11.6. The smallest absolute Gasteiger partial charge is 0.164 e. The van der Waals surface area contributed by atoms with Crippen molar-refractivity contribution in [3.05, 3.63) is 164 Å². The Balaban J connectivity index is 1.18. The molecule has 9 rings (SSSR count). The molecule has 2 heterocycles. The Hall–Kier alpha value is -5.97. The summed E-state index contributed by atoms with van der Waals surface area (Å²) in [6.45, 7) is 0. The van der Waals surface area contributed by atoms with Crippen molar-refractivity contribution in [1.82, 2.24) is 15.0 Å². The highest BCUT2D eigenvalue weighted by molar-refractivity contribution is 7.25. The number of thiophene rings is 1. The molecule has 0 bridgehead atoms. The third kappa shape index (κ3) is 4.87. The Morgan fingerprint density at radius 2 is 0.766 bits per heavy atom. The predicted molar refractivity (Wildman–Crippen MR) is 197 cm³/mol. The molecule has 220 valence electrons. The zero-order chi connectivity index (χ0) is 31.2. The fourth-order valence-corrected chi connectivity index (χ4v) is 7.65. The van der Waals surface area contributed by atoms with Gasteiger partial charge in [-0.05, 0) is 45.2 Å². The van der Waals surface area contributed by atoms with E-state index < -0.39 is 0 Å². The topological polar surface area (TPSA) is 38.7 Å². The molecule has 0 saturated carbocycles. The van der Waals surface area contributed by atoms with Gasteiger partial charge < -0.3 is 0 Å². The van der Waals surface area contributed by atoms with Crippen LogP contribution < -0.4 is 0 Å². The summed E-state index contributed by atoms with van der Waals surface area (Å²) >= 11 is 1.80. The summed E-state index contributed by atoms with van der Waals surface area (Å²) in [7, 11) is 0. The molecular formula is C43H27N3S. The van der Waals surface area contributed by atoms with Gasteiger partial charge in [0.15, 0.2) is 17.5 Å². The van der Waals surface area contributed by atoms with E-state index in [1.165, 1.54) is 47.6 Å². The predicted octanol–water partition coefficient (Wildman–Crippen LogP) is 11.7. The van der Waals surface area contributed by atoms with Crippen LogP contribution in [0.2, 0.25) is 0 Å². The van der Waals surface area contributed by atoms with E-state index in [2.05, 4.69) is 146 Å². The molecule has 0 N–H and O–H groups in total. The molecule has 4 heteroatoms. The summed E-state index contributed by atoms with van der Waals surface area (Å²) in [6, 6.07) is 57.5. The molecule has 0 radical (unpaired) electrons. The lowest BCUT2D eigenvalue weighted by Crippen LogP contribution is -2.00. The van der Waals surface area contributed by atoms with Crippen LogP contribution in [-0.4, -0.2) is 15.0 Å². The van der Waals surface area contributed by atoms with E-state index in [9.17, 15) is 0 Å². The molecule has 9 aromatic rings. The number of rotatable bonds is 5. The molecule has 0 aliphatic rings. The molecule has 0 fully saturated rings. The first-order chi connectivity index (χ1) is 23.3. The van der Waals surface area contributed by atoms with E-state index in [0.29, 0.717) is 17.5 Å². The van der Waals surface area contributed by atoms with E-state index in [4.69, 9.17) is 15.0 Å². The van der Waals surface area contributed by atoms with Crippen LogP contribution in [0.15, 0.2) is 164 Å². The number of hydrogen-bond acceptors (Lipinski definition) is 4. The molecule has 0 amide bonds. The van der Waals surface area contributed by atoms with Crippen molar-refractivity contribution in [2.24, 2.45) is 0 Å². The Labute approximate surface area is 276 Å². The number of benzene rings is 7. The fraction of sp³-hybridized carbons (Fsp3) is 0. The maximum absolute atomic E-state index is 5.12. The number of aromatic nitrogens is 3. The van der Waals surface area contributed by atoms with E-state index in [0.717, 1.165) is 22.3 Å². The molecule has 0 atom stereocenters. The standard InChI is InChI=1S/C43H27N3S/c1-3-12-28(13-4-1)32-26-27-33(35-17-8-7-16-34(32)35)29-22-24-31(25-23-29)42-44-41(30-14-5-2-6-15-30)45-43(46-42)37-19-11-21-39-40(37)36-18-9-10-20-38(36)47-39/h1-27H. The summed E-state index contributed by atoms with van der Waals surface area (Å²) in [6.07, 6.45) is 0. The number of fused-ring (bicyclic) bond motifs is 4. The van der Waals surface area contributed by atoms with Gasteiger partial charge in [-0.25, -0.2) is 15.0 Å². The molecule has 0 aliphatic carbocycles. The minimum absolute atomic E-state index is 0.654. The van der Waals surface area contributed by atoms with Crippen LogP contribution >= 0.6 is 11.3 Å². The summed E-state index contributed by atoms with van der Waals surface area (Å²) in [5.41, 5.74) is 7.73. The molecule has 0 unspecified atom stereocenters. The largest absolute Gasteiger partial charge is 0.208 e. The second-order valence-corrected chi connectivity index (χ2v) is 12.7. The Kier molecular flexibility index (Phi) is 6.65. The van der Waals surface area contributed by atoms with Crippen LogP contribution in [0.5, 0.6) is 0 Å². The first-order valence-corrected chi connectivity index (χ1v) is 16.5. The molecule has 47 heavy (non-hydrogen) atoms. The highest BCUT2D eigenvalue weighted by Gasteiger charge is 2.17. The van der Waals surface area contributed by atoms with Gasteiger partial charge in [0, 0.05) is 36.9 Å². The lowest BCUT2D eigenvalue weighted by Gasteiger charge is -2.13. The van der Waals surface area contributed by atoms with Crippen LogP contribution in [-0.2, 0) is 0 Å². The SMILES string of the molecule is c1ccc(-c2nc(-c3ccc(-c4ccc(-c5ccccc5)c5ccccc45)cc3)nc(-c3cccc4sc5ccccc5c34)n2)cc1. The highest BCUT2D eigenvalue weighted by atomic mass is 32.1. The highest BCUT2D eigenvalue weighted by Crippen LogP contribution is 2.40. The van der Waals surface area contributed by atoms with Gasteiger partial charge in [0.25, 0.3) is 0 Å². The minimum atomic E-state index is 0.654. The summed E-state index contributed by atoms with van der Waals surface area (Å²) in [4.78, 5) is 15.2. The monoisotopic (exact) mass is 617 g/mol. The molecule has 0 aliphatic heterocycles.